The lowest BCUT2D eigenvalue weighted by Crippen LogP contribution is -2.63. The second-order valence-corrected chi connectivity index (χ2v) is 9.14. The molecule has 1 saturated carbocycles. The summed E-state index contributed by atoms with van der Waals surface area (Å²) in [4.78, 5) is 0. The van der Waals surface area contributed by atoms with E-state index in [0.717, 1.165) is 0 Å². The van der Waals surface area contributed by atoms with Gasteiger partial charge in [0.2, 0.25) is 17.1 Å². The Morgan fingerprint density at radius 3 is 2.42 bits per heavy atom. The Morgan fingerprint density at radius 1 is 1.10 bits per heavy atom. The van der Waals surface area contributed by atoms with E-state index >= 15 is 0 Å². The molecule has 4 fully saturated rings. The van der Waals surface area contributed by atoms with Crippen LogP contribution in [0.5, 0.6) is 0 Å². The summed E-state index contributed by atoms with van der Waals surface area (Å²) in [5.41, 5.74) is -4.26. The molecule has 8 nitrogen and oxygen atoms in total. The number of rotatable bonds is 1. The zero-order chi connectivity index (χ0) is 22.1. The molecular formula is C21H16BrFN4O4. The summed E-state index contributed by atoms with van der Waals surface area (Å²) in [5, 5.41) is 39.4. The summed E-state index contributed by atoms with van der Waals surface area (Å²) < 4.78 is 39.1. The first kappa shape index (κ1) is 20.4. The van der Waals surface area contributed by atoms with Gasteiger partial charge in [-0.15, -0.1) is 0 Å². The van der Waals surface area contributed by atoms with Crippen molar-refractivity contribution in [2.75, 3.05) is 13.2 Å². The van der Waals surface area contributed by atoms with Gasteiger partial charge in [-0.2, -0.15) is 15.8 Å². The number of ether oxygens (including phenoxy) is 4. The molecule has 0 amide bonds. The van der Waals surface area contributed by atoms with Crippen molar-refractivity contribution < 1.29 is 23.3 Å². The minimum Gasteiger partial charge on any atom is -0.447 e. The van der Waals surface area contributed by atoms with Gasteiger partial charge >= 0.3 is 0 Å². The van der Waals surface area contributed by atoms with Crippen molar-refractivity contribution in [2.45, 2.75) is 36.9 Å². The maximum atomic E-state index is 15.0. The highest BCUT2D eigenvalue weighted by Gasteiger charge is 2.82. The Morgan fingerprint density at radius 2 is 1.81 bits per heavy atom. The third kappa shape index (κ3) is 2.32. The van der Waals surface area contributed by atoms with Crippen LogP contribution in [0.25, 0.3) is 0 Å². The molecule has 158 valence electrons. The van der Waals surface area contributed by atoms with Gasteiger partial charge in [-0.3, -0.25) is 5.41 Å². The summed E-state index contributed by atoms with van der Waals surface area (Å²) in [6.07, 6.45) is -0.747. The van der Waals surface area contributed by atoms with E-state index in [4.69, 9.17) is 24.4 Å². The van der Waals surface area contributed by atoms with Crippen LogP contribution in [0.1, 0.15) is 30.9 Å². The third-order valence-corrected chi connectivity index (χ3v) is 7.47. The average Bonchev–Trinajstić information content (AvgIpc) is 3.28. The highest BCUT2D eigenvalue weighted by atomic mass is 79.9. The maximum absolute atomic E-state index is 15.0. The SMILES string of the molecule is N#CC1(C#N)C(c2ccc(Br)cc2F)OC23CCC4(CC2C1(C#N)C(=N)O3)OCCO4. The van der Waals surface area contributed by atoms with Crippen molar-refractivity contribution in [3.63, 3.8) is 0 Å². The number of halogens is 2. The van der Waals surface area contributed by atoms with Crippen LogP contribution < -0.4 is 0 Å². The monoisotopic (exact) mass is 486 g/mol. The van der Waals surface area contributed by atoms with Crippen LogP contribution in [-0.2, 0) is 18.9 Å². The van der Waals surface area contributed by atoms with Gasteiger partial charge in [0, 0.05) is 29.3 Å². The lowest BCUT2D eigenvalue weighted by atomic mass is 9.51. The molecule has 0 radical (unpaired) electrons. The molecule has 10 heteroatoms. The van der Waals surface area contributed by atoms with Crippen molar-refractivity contribution in [3.8, 4) is 18.2 Å². The van der Waals surface area contributed by atoms with Gasteiger partial charge < -0.3 is 18.9 Å². The molecule has 3 heterocycles. The summed E-state index contributed by atoms with van der Waals surface area (Å²) >= 11 is 3.19. The van der Waals surface area contributed by atoms with Crippen LogP contribution in [0, 0.1) is 62.0 Å². The molecule has 5 rings (SSSR count). The van der Waals surface area contributed by atoms with E-state index in [1.165, 1.54) is 12.1 Å². The van der Waals surface area contributed by atoms with E-state index in [9.17, 15) is 20.2 Å². The average molecular weight is 487 g/mol. The number of nitriles is 3. The zero-order valence-corrected chi connectivity index (χ0v) is 17.7. The molecule has 1 spiro atoms. The van der Waals surface area contributed by atoms with E-state index in [0.29, 0.717) is 24.1 Å². The lowest BCUT2D eigenvalue weighted by Gasteiger charge is -2.54. The molecule has 3 aliphatic heterocycles. The number of hydrogen-bond donors (Lipinski definition) is 1. The molecular weight excluding hydrogens is 471 g/mol. The molecule has 4 aliphatic rings. The van der Waals surface area contributed by atoms with Crippen LogP contribution in [0.2, 0.25) is 0 Å². The van der Waals surface area contributed by atoms with Crippen molar-refractivity contribution in [1.82, 2.24) is 0 Å². The summed E-state index contributed by atoms with van der Waals surface area (Å²) in [6.45, 7) is 0.764. The Bertz CT molecular complexity index is 1100. The first-order valence-corrected chi connectivity index (χ1v) is 10.5. The van der Waals surface area contributed by atoms with E-state index in [1.807, 2.05) is 12.1 Å². The standard InChI is InChI=1S/C21H16BrFN4O4/c22-12-1-2-13(14(23)7-12)16-18(9-24,10-25)20(11-26)15-8-19(28-5-6-29-19)3-4-21(15,30-16)31-17(20)27/h1-2,7,15-16,27H,3-6,8H2. The quantitative estimate of drug-likeness (QED) is 0.642. The minimum absolute atomic E-state index is 0.0456. The van der Waals surface area contributed by atoms with Gasteiger partial charge in [0.25, 0.3) is 0 Å². The topological polar surface area (TPSA) is 132 Å². The molecule has 1 N–H and O–H groups in total. The summed E-state index contributed by atoms with van der Waals surface area (Å²) in [6, 6.07) is 10.1. The van der Waals surface area contributed by atoms with Crippen molar-refractivity contribution >= 4 is 21.8 Å². The van der Waals surface area contributed by atoms with E-state index in [2.05, 4.69) is 22.0 Å². The van der Waals surface area contributed by atoms with Crippen LogP contribution in [0.4, 0.5) is 4.39 Å². The predicted molar refractivity (Wildman–Crippen MR) is 103 cm³/mol. The molecule has 2 bridgehead atoms. The zero-order valence-electron chi connectivity index (χ0n) is 16.2. The molecule has 1 aromatic rings. The number of benzene rings is 1. The highest BCUT2D eigenvalue weighted by molar-refractivity contribution is 9.10. The van der Waals surface area contributed by atoms with E-state index < -0.39 is 46.1 Å². The Hall–Kier alpha value is -2.55. The smallest absolute Gasteiger partial charge is 0.218 e. The van der Waals surface area contributed by atoms with Crippen LogP contribution >= 0.6 is 15.9 Å². The fourth-order valence-corrected chi connectivity index (χ4v) is 5.88. The van der Waals surface area contributed by atoms with Gasteiger partial charge in [-0.1, -0.05) is 22.0 Å². The van der Waals surface area contributed by atoms with Gasteiger partial charge in [0.1, 0.15) is 11.9 Å². The normalized spacial score (nSPS) is 36.7. The Kier molecular flexibility index (Phi) is 4.25. The molecule has 1 aliphatic carbocycles. The highest BCUT2D eigenvalue weighted by Crippen LogP contribution is 2.70. The van der Waals surface area contributed by atoms with Crippen LogP contribution in [0.15, 0.2) is 22.7 Å². The van der Waals surface area contributed by atoms with Crippen molar-refractivity contribution in [1.29, 1.82) is 21.2 Å². The molecule has 4 unspecified atom stereocenters. The fraction of sp³-hybridized carbons (Fsp3) is 0.524. The molecule has 1 aromatic carbocycles. The van der Waals surface area contributed by atoms with Gasteiger partial charge in [-0.25, -0.2) is 4.39 Å². The maximum Gasteiger partial charge on any atom is 0.218 e. The van der Waals surface area contributed by atoms with Gasteiger partial charge in [0.05, 0.1) is 37.3 Å². The summed E-state index contributed by atoms with van der Waals surface area (Å²) in [5.74, 6) is -4.54. The minimum atomic E-state index is -2.23. The second kappa shape index (κ2) is 6.48. The number of nitrogens with zero attached hydrogens (tertiary/aromatic N) is 3. The molecule has 4 atom stereocenters. The molecule has 3 saturated heterocycles. The van der Waals surface area contributed by atoms with Crippen molar-refractivity contribution in [3.05, 3.63) is 34.1 Å². The second-order valence-electron chi connectivity index (χ2n) is 8.22. The lowest BCUT2D eigenvalue weighted by molar-refractivity contribution is -0.331. The van der Waals surface area contributed by atoms with E-state index in [1.54, 1.807) is 6.07 Å². The molecule has 31 heavy (non-hydrogen) atoms. The molecule has 0 aromatic heterocycles. The van der Waals surface area contributed by atoms with Crippen LogP contribution in [0.3, 0.4) is 0 Å². The van der Waals surface area contributed by atoms with Crippen molar-refractivity contribution in [2.24, 2.45) is 16.7 Å². The summed E-state index contributed by atoms with van der Waals surface area (Å²) in [7, 11) is 0. The predicted octanol–water partition coefficient (Wildman–Crippen LogP) is 3.45. The third-order valence-electron chi connectivity index (χ3n) is 6.98. The Balaban J connectivity index is 1.74. The largest absolute Gasteiger partial charge is 0.447 e. The van der Waals surface area contributed by atoms with Gasteiger partial charge in [0.15, 0.2) is 11.2 Å². The van der Waals surface area contributed by atoms with E-state index in [-0.39, 0.29) is 18.4 Å². The fourth-order valence-electron chi connectivity index (χ4n) is 5.54. The number of nitrogens with one attached hydrogen (secondary N) is 1. The van der Waals surface area contributed by atoms with Crippen LogP contribution in [-0.4, -0.2) is 30.7 Å². The Labute approximate surface area is 185 Å². The van der Waals surface area contributed by atoms with Gasteiger partial charge in [-0.05, 0) is 12.1 Å². The first-order valence-electron chi connectivity index (χ1n) is 9.74. The first-order chi connectivity index (χ1) is 14.8. The number of hydrogen-bond acceptors (Lipinski definition) is 8.